The molecule has 1 aromatic carbocycles. The summed E-state index contributed by atoms with van der Waals surface area (Å²) in [4.78, 5) is 16.6. The first-order valence-corrected chi connectivity index (χ1v) is 7.58. The van der Waals surface area contributed by atoms with Gasteiger partial charge in [0.15, 0.2) is 0 Å². The first kappa shape index (κ1) is 13.9. The van der Waals surface area contributed by atoms with Crippen LogP contribution in [0.15, 0.2) is 30.5 Å². The van der Waals surface area contributed by atoms with E-state index in [9.17, 15) is 4.79 Å². The number of nitrogens with zero attached hydrogens (tertiary/aromatic N) is 1. The molecule has 4 heteroatoms. The molecule has 1 aromatic heterocycles. The van der Waals surface area contributed by atoms with Crippen molar-refractivity contribution >= 4 is 22.5 Å². The molecular formula is C17H21N3O. The van der Waals surface area contributed by atoms with Crippen LogP contribution >= 0.6 is 0 Å². The minimum atomic E-state index is -0.0576. The summed E-state index contributed by atoms with van der Waals surface area (Å²) in [5, 5.41) is 4.76. The van der Waals surface area contributed by atoms with Crippen molar-refractivity contribution in [3.8, 4) is 0 Å². The Hall–Kier alpha value is -2.10. The van der Waals surface area contributed by atoms with Gasteiger partial charge in [0.25, 0.3) is 5.91 Å². The highest BCUT2D eigenvalue weighted by Gasteiger charge is 2.24. The van der Waals surface area contributed by atoms with Crippen LogP contribution in [0.1, 0.15) is 36.5 Å². The largest absolute Gasteiger partial charge is 0.383 e. The van der Waals surface area contributed by atoms with Gasteiger partial charge in [-0.15, -0.1) is 0 Å². The van der Waals surface area contributed by atoms with Gasteiger partial charge in [-0.25, -0.2) is 4.98 Å². The predicted molar refractivity (Wildman–Crippen MR) is 85.0 cm³/mol. The summed E-state index contributed by atoms with van der Waals surface area (Å²) in [5.74, 6) is 1.71. The maximum atomic E-state index is 12.4. The maximum Gasteiger partial charge on any atom is 0.253 e. The van der Waals surface area contributed by atoms with E-state index < -0.39 is 0 Å². The van der Waals surface area contributed by atoms with Gasteiger partial charge in [-0.05, 0) is 23.6 Å². The molecule has 2 aromatic rings. The van der Waals surface area contributed by atoms with Crippen LogP contribution in [-0.2, 0) is 0 Å². The number of benzene rings is 1. The molecule has 4 nitrogen and oxygen atoms in total. The van der Waals surface area contributed by atoms with Gasteiger partial charge in [-0.2, -0.15) is 0 Å². The number of amides is 1. The zero-order valence-corrected chi connectivity index (χ0v) is 12.3. The van der Waals surface area contributed by atoms with Crippen molar-refractivity contribution in [3.05, 3.63) is 36.0 Å². The molecule has 1 heterocycles. The second-order valence-electron chi connectivity index (χ2n) is 5.98. The maximum absolute atomic E-state index is 12.4. The number of nitrogens with one attached hydrogen (secondary N) is 1. The summed E-state index contributed by atoms with van der Waals surface area (Å²) in [6, 6.07) is 7.63. The van der Waals surface area contributed by atoms with Crippen molar-refractivity contribution in [3.63, 3.8) is 0 Å². The number of aromatic nitrogens is 1. The number of carbonyl (C=O) groups excluding carboxylic acids is 1. The molecule has 0 radical (unpaired) electrons. The predicted octanol–water partition coefficient (Wildman–Crippen LogP) is 2.98. The molecular weight excluding hydrogens is 262 g/mol. The minimum Gasteiger partial charge on any atom is -0.383 e. The van der Waals surface area contributed by atoms with Crippen molar-refractivity contribution in [1.29, 1.82) is 0 Å². The summed E-state index contributed by atoms with van der Waals surface area (Å²) < 4.78 is 0. The Labute approximate surface area is 124 Å². The zero-order valence-electron chi connectivity index (χ0n) is 12.3. The van der Waals surface area contributed by atoms with E-state index in [-0.39, 0.29) is 5.91 Å². The lowest BCUT2D eigenvalue weighted by atomic mass is 9.98. The molecule has 110 valence electrons. The average Bonchev–Trinajstić information content (AvgIpc) is 2.91. The summed E-state index contributed by atoms with van der Waals surface area (Å²) in [6.45, 7) is 3.02. The molecule has 3 N–H and O–H groups in total. The Balaban J connectivity index is 1.80. The van der Waals surface area contributed by atoms with Crippen LogP contribution in [0.25, 0.3) is 10.8 Å². The number of hydrogen-bond donors (Lipinski definition) is 2. The van der Waals surface area contributed by atoms with Crippen molar-refractivity contribution in [2.75, 3.05) is 12.3 Å². The summed E-state index contributed by atoms with van der Waals surface area (Å²) in [7, 11) is 0. The van der Waals surface area contributed by atoms with E-state index in [1.54, 1.807) is 6.20 Å². The van der Waals surface area contributed by atoms with Crippen LogP contribution in [0.2, 0.25) is 0 Å². The quantitative estimate of drug-likeness (QED) is 0.910. The molecule has 1 amide bonds. The van der Waals surface area contributed by atoms with Crippen LogP contribution in [0.5, 0.6) is 0 Å². The lowest BCUT2D eigenvalue weighted by Crippen LogP contribution is -2.30. The summed E-state index contributed by atoms with van der Waals surface area (Å²) in [6.07, 6.45) is 5.33. The van der Waals surface area contributed by atoms with Gasteiger partial charge in [0.05, 0.1) is 5.56 Å². The third kappa shape index (κ3) is 2.71. The third-order valence-electron chi connectivity index (χ3n) is 4.63. The molecule has 1 aliphatic rings. The molecule has 2 atom stereocenters. The molecule has 0 bridgehead atoms. The van der Waals surface area contributed by atoms with Crippen LogP contribution in [0.3, 0.4) is 0 Å². The SMILES string of the molecule is CC1CCCC1CNC(=O)c1cnc(N)c2ccccc12. The van der Waals surface area contributed by atoms with Gasteiger partial charge in [-0.3, -0.25) is 4.79 Å². The van der Waals surface area contributed by atoms with E-state index >= 15 is 0 Å². The molecule has 0 saturated heterocycles. The number of anilines is 1. The first-order valence-electron chi connectivity index (χ1n) is 7.58. The number of carbonyl (C=O) groups is 1. The molecule has 2 unspecified atom stereocenters. The number of fused-ring (bicyclic) bond motifs is 1. The Morgan fingerprint density at radius 2 is 2.10 bits per heavy atom. The van der Waals surface area contributed by atoms with E-state index in [1.165, 1.54) is 19.3 Å². The minimum absolute atomic E-state index is 0.0576. The average molecular weight is 283 g/mol. The van der Waals surface area contributed by atoms with E-state index in [4.69, 9.17) is 5.73 Å². The molecule has 1 aliphatic carbocycles. The van der Waals surface area contributed by atoms with Gasteiger partial charge < -0.3 is 11.1 Å². The van der Waals surface area contributed by atoms with E-state index in [1.807, 2.05) is 24.3 Å². The molecule has 0 spiro atoms. The van der Waals surface area contributed by atoms with E-state index in [0.29, 0.717) is 23.2 Å². The molecule has 1 fully saturated rings. The molecule has 21 heavy (non-hydrogen) atoms. The second-order valence-corrected chi connectivity index (χ2v) is 5.98. The second kappa shape index (κ2) is 5.72. The van der Waals surface area contributed by atoms with Gasteiger partial charge >= 0.3 is 0 Å². The monoisotopic (exact) mass is 283 g/mol. The van der Waals surface area contributed by atoms with Crippen LogP contribution in [0, 0.1) is 11.8 Å². The van der Waals surface area contributed by atoms with Crippen molar-refractivity contribution in [1.82, 2.24) is 10.3 Å². The standard InChI is InChI=1S/C17H21N3O/c1-11-5-4-6-12(11)9-20-17(21)15-10-19-16(18)14-8-3-2-7-13(14)15/h2-3,7-8,10-12H,4-6,9H2,1H3,(H2,18,19)(H,20,21). The van der Waals surface area contributed by atoms with E-state index in [2.05, 4.69) is 17.2 Å². The molecule has 1 saturated carbocycles. The fourth-order valence-corrected chi connectivity index (χ4v) is 3.24. The number of nitrogen functional groups attached to an aromatic ring is 1. The Kier molecular flexibility index (Phi) is 3.78. The van der Waals surface area contributed by atoms with Crippen LogP contribution in [-0.4, -0.2) is 17.4 Å². The number of nitrogens with two attached hydrogens (primary N) is 1. The van der Waals surface area contributed by atoms with Gasteiger partial charge in [0.2, 0.25) is 0 Å². The van der Waals surface area contributed by atoms with Crippen molar-refractivity contribution in [2.45, 2.75) is 26.2 Å². The Morgan fingerprint density at radius 1 is 1.33 bits per heavy atom. The number of hydrogen-bond acceptors (Lipinski definition) is 3. The first-order chi connectivity index (χ1) is 10.2. The molecule has 0 aliphatic heterocycles. The van der Waals surface area contributed by atoms with Gasteiger partial charge in [-0.1, -0.05) is 44.0 Å². The van der Waals surface area contributed by atoms with Crippen molar-refractivity contribution in [2.24, 2.45) is 11.8 Å². The topological polar surface area (TPSA) is 68.0 Å². The normalized spacial score (nSPS) is 21.6. The Morgan fingerprint density at radius 3 is 2.81 bits per heavy atom. The fourth-order valence-electron chi connectivity index (χ4n) is 3.24. The third-order valence-corrected chi connectivity index (χ3v) is 4.63. The fraction of sp³-hybridized carbons (Fsp3) is 0.412. The van der Waals surface area contributed by atoms with E-state index in [0.717, 1.165) is 17.3 Å². The Bertz CT molecular complexity index is 668. The lowest BCUT2D eigenvalue weighted by molar-refractivity contribution is 0.0946. The van der Waals surface area contributed by atoms with Crippen LogP contribution < -0.4 is 11.1 Å². The highest BCUT2D eigenvalue weighted by molar-refractivity contribution is 6.08. The number of pyridine rings is 1. The number of rotatable bonds is 3. The van der Waals surface area contributed by atoms with Crippen LogP contribution in [0.4, 0.5) is 5.82 Å². The molecule has 3 rings (SSSR count). The summed E-state index contributed by atoms with van der Waals surface area (Å²) in [5.41, 5.74) is 6.48. The summed E-state index contributed by atoms with van der Waals surface area (Å²) >= 11 is 0. The van der Waals surface area contributed by atoms with Gasteiger partial charge in [0.1, 0.15) is 5.82 Å². The van der Waals surface area contributed by atoms with Gasteiger partial charge in [0, 0.05) is 18.1 Å². The smallest absolute Gasteiger partial charge is 0.253 e. The van der Waals surface area contributed by atoms with Crippen molar-refractivity contribution < 1.29 is 4.79 Å². The highest BCUT2D eigenvalue weighted by Crippen LogP contribution is 2.30. The highest BCUT2D eigenvalue weighted by atomic mass is 16.1. The lowest BCUT2D eigenvalue weighted by Gasteiger charge is -2.16. The zero-order chi connectivity index (χ0) is 14.8.